The highest BCUT2D eigenvalue weighted by Crippen LogP contribution is 2.49. The summed E-state index contributed by atoms with van der Waals surface area (Å²) < 4.78 is 0. The fourth-order valence-corrected chi connectivity index (χ4v) is 3.90. The first-order valence-corrected chi connectivity index (χ1v) is 7.76. The molecule has 5 nitrogen and oxygen atoms in total. The van der Waals surface area contributed by atoms with Gasteiger partial charge in [-0.2, -0.15) is 0 Å². The van der Waals surface area contributed by atoms with E-state index in [1.807, 2.05) is 0 Å². The lowest BCUT2D eigenvalue weighted by Crippen LogP contribution is -2.62. The monoisotopic (exact) mass is 283 g/mol. The van der Waals surface area contributed by atoms with Crippen molar-refractivity contribution in [3.8, 4) is 0 Å². The third kappa shape index (κ3) is 3.44. The molecule has 0 spiro atoms. The summed E-state index contributed by atoms with van der Waals surface area (Å²) in [5, 5.41) is 15.4. The van der Waals surface area contributed by atoms with E-state index in [1.165, 1.54) is 6.42 Å². The molecular formula is C15H29N3O2. The van der Waals surface area contributed by atoms with E-state index in [0.29, 0.717) is 0 Å². The van der Waals surface area contributed by atoms with E-state index in [4.69, 9.17) is 0 Å². The molecule has 1 atom stereocenters. The smallest absolute Gasteiger partial charge is 0.404 e. The second-order valence-corrected chi connectivity index (χ2v) is 7.49. The molecule has 1 saturated carbocycles. The van der Waals surface area contributed by atoms with Crippen molar-refractivity contribution in [2.45, 2.75) is 46.1 Å². The molecule has 1 heterocycles. The Kier molecular flexibility index (Phi) is 4.59. The predicted molar refractivity (Wildman–Crippen MR) is 80.0 cm³/mol. The average molecular weight is 283 g/mol. The molecule has 1 aliphatic heterocycles. The molecule has 2 fully saturated rings. The first-order valence-electron chi connectivity index (χ1n) is 7.76. The molecule has 1 saturated heterocycles. The van der Waals surface area contributed by atoms with Gasteiger partial charge in [-0.15, -0.1) is 0 Å². The first kappa shape index (κ1) is 15.6. The number of nitrogens with one attached hydrogen (secondary N) is 2. The van der Waals surface area contributed by atoms with Crippen molar-refractivity contribution in [1.29, 1.82) is 0 Å². The van der Waals surface area contributed by atoms with Crippen molar-refractivity contribution in [1.82, 2.24) is 15.5 Å². The van der Waals surface area contributed by atoms with Crippen LogP contribution in [0.3, 0.4) is 0 Å². The molecule has 0 aromatic rings. The van der Waals surface area contributed by atoms with Crippen LogP contribution in [0.15, 0.2) is 0 Å². The molecule has 1 amide bonds. The number of hydrogen-bond donors (Lipinski definition) is 3. The maximum absolute atomic E-state index is 11.2. The van der Waals surface area contributed by atoms with Crippen LogP contribution in [0.1, 0.15) is 40.0 Å². The van der Waals surface area contributed by atoms with Crippen LogP contribution >= 0.6 is 0 Å². The van der Waals surface area contributed by atoms with Gasteiger partial charge in [0.1, 0.15) is 0 Å². The molecular weight excluding hydrogens is 254 g/mol. The summed E-state index contributed by atoms with van der Waals surface area (Å²) in [5.74, 6) is 0. The van der Waals surface area contributed by atoms with Crippen LogP contribution in [0, 0.1) is 10.8 Å². The van der Waals surface area contributed by atoms with Gasteiger partial charge in [-0.05, 0) is 18.3 Å². The zero-order chi connectivity index (χ0) is 14.8. The standard InChI is InChI=1S/C15H29N3O2/c1-14(2,3)12(17-13(19)20)15(5-4-6-15)11-18-9-7-16-8-10-18/h12,16-17H,4-11H2,1-3H3,(H,19,20). The topological polar surface area (TPSA) is 64.6 Å². The summed E-state index contributed by atoms with van der Waals surface area (Å²) in [4.78, 5) is 13.7. The van der Waals surface area contributed by atoms with Gasteiger partial charge in [0.25, 0.3) is 0 Å². The molecule has 1 aliphatic carbocycles. The Bertz CT molecular complexity index is 342. The molecule has 116 valence electrons. The molecule has 3 N–H and O–H groups in total. The molecule has 2 aliphatic rings. The third-order valence-electron chi connectivity index (χ3n) is 4.84. The lowest BCUT2D eigenvalue weighted by molar-refractivity contribution is -0.0159. The number of piperazine rings is 1. The number of nitrogens with zero attached hydrogens (tertiary/aromatic N) is 1. The highest BCUT2D eigenvalue weighted by atomic mass is 16.4. The van der Waals surface area contributed by atoms with E-state index in [1.54, 1.807) is 0 Å². The minimum atomic E-state index is -0.892. The Morgan fingerprint density at radius 1 is 1.35 bits per heavy atom. The molecule has 2 rings (SSSR count). The van der Waals surface area contributed by atoms with Gasteiger partial charge < -0.3 is 20.6 Å². The van der Waals surface area contributed by atoms with Crippen LogP contribution in [0.25, 0.3) is 0 Å². The quantitative estimate of drug-likeness (QED) is 0.735. The van der Waals surface area contributed by atoms with Crippen molar-refractivity contribution >= 4 is 6.09 Å². The normalized spacial score (nSPS) is 24.8. The van der Waals surface area contributed by atoms with Gasteiger partial charge in [0.2, 0.25) is 0 Å². The highest BCUT2D eigenvalue weighted by molar-refractivity contribution is 5.65. The SMILES string of the molecule is CC(C)(C)C(NC(=O)O)C1(CN2CCNCC2)CCC1. The van der Waals surface area contributed by atoms with Crippen molar-refractivity contribution in [2.75, 3.05) is 32.7 Å². The zero-order valence-electron chi connectivity index (χ0n) is 13.0. The average Bonchev–Trinajstić information content (AvgIpc) is 2.31. The van der Waals surface area contributed by atoms with Gasteiger partial charge in [-0.3, -0.25) is 0 Å². The van der Waals surface area contributed by atoms with Gasteiger partial charge in [0.05, 0.1) is 0 Å². The van der Waals surface area contributed by atoms with Gasteiger partial charge in [0, 0.05) is 44.2 Å². The Balaban J connectivity index is 2.11. The van der Waals surface area contributed by atoms with Crippen molar-refractivity contribution in [3.05, 3.63) is 0 Å². The van der Waals surface area contributed by atoms with E-state index in [9.17, 15) is 9.90 Å². The van der Waals surface area contributed by atoms with E-state index >= 15 is 0 Å². The van der Waals surface area contributed by atoms with Crippen LogP contribution < -0.4 is 10.6 Å². The fourth-order valence-electron chi connectivity index (χ4n) is 3.90. The van der Waals surface area contributed by atoms with Crippen LogP contribution in [0.4, 0.5) is 4.79 Å². The van der Waals surface area contributed by atoms with Crippen LogP contribution in [0.5, 0.6) is 0 Å². The first-order chi connectivity index (χ1) is 9.33. The molecule has 0 aromatic carbocycles. The molecule has 0 bridgehead atoms. The zero-order valence-corrected chi connectivity index (χ0v) is 13.0. The Labute approximate surface area is 122 Å². The van der Waals surface area contributed by atoms with Gasteiger partial charge in [-0.25, -0.2) is 4.79 Å². The number of carbonyl (C=O) groups is 1. The lowest BCUT2D eigenvalue weighted by atomic mass is 9.57. The molecule has 5 heteroatoms. The van der Waals surface area contributed by atoms with E-state index in [2.05, 4.69) is 36.3 Å². The summed E-state index contributed by atoms with van der Waals surface area (Å²) in [6.45, 7) is 11.7. The summed E-state index contributed by atoms with van der Waals surface area (Å²) in [7, 11) is 0. The Hall–Kier alpha value is -0.810. The fraction of sp³-hybridized carbons (Fsp3) is 0.933. The molecule has 0 radical (unpaired) electrons. The van der Waals surface area contributed by atoms with E-state index < -0.39 is 6.09 Å². The van der Waals surface area contributed by atoms with Crippen molar-refractivity contribution in [2.24, 2.45) is 10.8 Å². The van der Waals surface area contributed by atoms with Crippen LogP contribution in [-0.2, 0) is 0 Å². The maximum Gasteiger partial charge on any atom is 0.404 e. The molecule has 0 aromatic heterocycles. The second-order valence-electron chi connectivity index (χ2n) is 7.49. The molecule has 20 heavy (non-hydrogen) atoms. The van der Waals surface area contributed by atoms with E-state index in [0.717, 1.165) is 45.6 Å². The maximum atomic E-state index is 11.2. The summed E-state index contributed by atoms with van der Waals surface area (Å²) >= 11 is 0. The van der Waals surface area contributed by atoms with Gasteiger partial charge >= 0.3 is 6.09 Å². The minimum Gasteiger partial charge on any atom is -0.465 e. The third-order valence-corrected chi connectivity index (χ3v) is 4.84. The minimum absolute atomic E-state index is 0.0242. The summed E-state index contributed by atoms with van der Waals surface area (Å²) in [6, 6.07) is 0.0242. The van der Waals surface area contributed by atoms with Crippen molar-refractivity contribution in [3.63, 3.8) is 0 Å². The van der Waals surface area contributed by atoms with Gasteiger partial charge in [0.15, 0.2) is 0 Å². The number of amides is 1. The largest absolute Gasteiger partial charge is 0.465 e. The number of hydrogen-bond acceptors (Lipinski definition) is 3. The lowest BCUT2D eigenvalue weighted by Gasteiger charge is -2.54. The number of rotatable bonds is 4. The van der Waals surface area contributed by atoms with Crippen LogP contribution in [0.2, 0.25) is 0 Å². The van der Waals surface area contributed by atoms with Crippen molar-refractivity contribution < 1.29 is 9.90 Å². The summed E-state index contributed by atoms with van der Waals surface area (Å²) in [6.07, 6.45) is 2.61. The molecule has 1 unspecified atom stereocenters. The number of carboxylic acid groups (broad SMARTS) is 1. The Morgan fingerprint density at radius 3 is 2.35 bits per heavy atom. The Morgan fingerprint density at radius 2 is 1.95 bits per heavy atom. The predicted octanol–water partition coefficient (Wildman–Crippen LogP) is 1.74. The van der Waals surface area contributed by atoms with E-state index in [-0.39, 0.29) is 16.9 Å². The van der Waals surface area contributed by atoms with Crippen LogP contribution in [-0.4, -0.2) is 54.9 Å². The van der Waals surface area contributed by atoms with Gasteiger partial charge in [-0.1, -0.05) is 27.2 Å². The highest BCUT2D eigenvalue weighted by Gasteiger charge is 2.50. The summed E-state index contributed by atoms with van der Waals surface area (Å²) in [5.41, 5.74) is 0.0703. The second kappa shape index (κ2) is 5.90.